The Balaban J connectivity index is 1.76. The van der Waals surface area contributed by atoms with Crippen molar-refractivity contribution in [3.05, 3.63) is 15.6 Å². The van der Waals surface area contributed by atoms with E-state index in [-0.39, 0.29) is 19.5 Å². The van der Waals surface area contributed by atoms with Crippen LogP contribution in [0.3, 0.4) is 0 Å². The number of thiazole rings is 1. The Labute approximate surface area is 172 Å². The van der Waals surface area contributed by atoms with Crippen LogP contribution in [0.2, 0.25) is 0 Å². The Kier molecular flexibility index (Phi) is 6.22. The molecule has 0 aromatic carbocycles. The third kappa shape index (κ3) is 5.10. The lowest BCUT2D eigenvalue weighted by Gasteiger charge is -2.37. The van der Waals surface area contributed by atoms with E-state index in [2.05, 4.69) is 20.5 Å². The van der Waals surface area contributed by atoms with Crippen LogP contribution in [0, 0.1) is 0 Å². The van der Waals surface area contributed by atoms with Crippen molar-refractivity contribution in [1.82, 2.24) is 24.8 Å². The van der Waals surface area contributed by atoms with Gasteiger partial charge in [0.15, 0.2) is 5.01 Å². The molecule has 0 saturated carbocycles. The number of aromatic nitrogens is 1. The van der Waals surface area contributed by atoms with E-state index < -0.39 is 39.8 Å². The zero-order valence-corrected chi connectivity index (χ0v) is 17.8. The minimum absolute atomic E-state index is 0.0257. The molecule has 11 nitrogen and oxygen atoms in total. The maximum absolute atomic E-state index is 12.8. The molecule has 1 fully saturated rings. The number of primary amides is 1. The molecule has 1 aromatic rings. The molecule has 3 rings (SSSR count). The van der Waals surface area contributed by atoms with Crippen LogP contribution in [-0.2, 0) is 32.6 Å². The predicted octanol–water partition coefficient (Wildman–Crippen LogP) is -2.14. The molecule has 160 valence electrons. The smallest absolute Gasteiger partial charge is 0.309 e. The summed E-state index contributed by atoms with van der Waals surface area (Å²) in [5, 5.41) is 5.55. The quantitative estimate of drug-likeness (QED) is 0.448. The molecule has 2 aliphatic heterocycles. The highest BCUT2D eigenvalue weighted by Gasteiger charge is 2.36. The Morgan fingerprint density at radius 1 is 1.21 bits per heavy atom. The maximum Gasteiger partial charge on any atom is 0.309 e. The maximum atomic E-state index is 12.8. The Morgan fingerprint density at radius 2 is 1.93 bits per heavy atom. The number of hydrogen-bond acceptors (Lipinski definition) is 8. The SMILES string of the molecule is CN1CCc2nc(C(=O)N[C@@H]3CN(S(C)(=O)=O)CC[C@@H]3NC(=O)C(N)=O)sc2C1. The summed E-state index contributed by atoms with van der Waals surface area (Å²) in [6.45, 7) is 1.72. The van der Waals surface area contributed by atoms with E-state index in [0.717, 1.165) is 36.3 Å². The molecule has 0 unspecified atom stereocenters. The van der Waals surface area contributed by atoms with E-state index in [9.17, 15) is 22.8 Å². The van der Waals surface area contributed by atoms with Gasteiger partial charge in [-0.3, -0.25) is 14.4 Å². The van der Waals surface area contributed by atoms with Crippen LogP contribution in [0.15, 0.2) is 0 Å². The summed E-state index contributed by atoms with van der Waals surface area (Å²) >= 11 is 1.30. The van der Waals surface area contributed by atoms with Gasteiger partial charge in [0.25, 0.3) is 5.91 Å². The molecule has 0 spiro atoms. The van der Waals surface area contributed by atoms with Crippen molar-refractivity contribution in [2.75, 3.05) is 32.9 Å². The number of nitrogens with zero attached hydrogens (tertiary/aromatic N) is 3. The average molecular weight is 445 g/mol. The van der Waals surface area contributed by atoms with Gasteiger partial charge in [-0.2, -0.15) is 4.31 Å². The van der Waals surface area contributed by atoms with Crippen molar-refractivity contribution in [3.8, 4) is 0 Å². The summed E-state index contributed by atoms with van der Waals surface area (Å²) < 4.78 is 25.1. The molecule has 0 aliphatic carbocycles. The van der Waals surface area contributed by atoms with E-state index >= 15 is 0 Å². The molecule has 0 bridgehead atoms. The van der Waals surface area contributed by atoms with Crippen LogP contribution in [0.5, 0.6) is 0 Å². The van der Waals surface area contributed by atoms with Crippen molar-refractivity contribution in [2.24, 2.45) is 5.73 Å². The van der Waals surface area contributed by atoms with Gasteiger partial charge in [0, 0.05) is 37.5 Å². The summed E-state index contributed by atoms with van der Waals surface area (Å²) in [6, 6.07) is -1.35. The number of rotatable bonds is 4. The lowest BCUT2D eigenvalue weighted by Crippen LogP contribution is -2.62. The number of sulfonamides is 1. The molecule has 2 atom stereocenters. The Bertz CT molecular complexity index is 930. The third-order valence-corrected chi connectivity index (χ3v) is 7.37. The van der Waals surface area contributed by atoms with Gasteiger partial charge < -0.3 is 21.3 Å². The number of piperidine rings is 1. The van der Waals surface area contributed by atoms with Crippen molar-refractivity contribution < 1.29 is 22.8 Å². The summed E-state index contributed by atoms with van der Waals surface area (Å²) in [6.07, 6.45) is 2.08. The Hall–Kier alpha value is -2.09. The van der Waals surface area contributed by atoms with Gasteiger partial charge in [0.05, 0.1) is 24.0 Å². The van der Waals surface area contributed by atoms with Gasteiger partial charge in [-0.05, 0) is 13.5 Å². The molecule has 3 amide bonds. The molecule has 3 heterocycles. The number of likely N-dealkylation sites (N-methyl/N-ethyl adjacent to an activating group) is 1. The molecular formula is C16H24N6O5S2. The fourth-order valence-electron chi connectivity index (χ4n) is 3.43. The van der Waals surface area contributed by atoms with Crippen molar-refractivity contribution >= 4 is 39.1 Å². The van der Waals surface area contributed by atoms with Crippen molar-refractivity contribution in [1.29, 1.82) is 0 Å². The fraction of sp³-hybridized carbons (Fsp3) is 0.625. The fourth-order valence-corrected chi connectivity index (χ4v) is 5.39. The topological polar surface area (TPSA) is 155 Å². The second kappa shape index (κ2) is 8.34. The first kappa shape index (κ1) is 21.6. The van der Waals surface area contributed by atoms with Crippen molar-refractivity contribution in [3.63, 3.8) is 0 Å². The van der Waals surface area contributed by atoms with Gasteiger partial charge in [0.2, 0.25) is 10.0 Å². The molecule has 29 heavy (non-hydrogen) atoms. The van der Waals surface area contributed by atoms with E-state index in [1.807, 2.05) is 7.05 Å². The minimum atomic E-state index is -3.48. The van der Waals surface area contributed by atoms with Gasteiger partial charge in [-0.25, -0.2) is 13.4 Å². The molecule has 1 aromatic heterocycles. The highest BCUT2D eigenvalue weighted by atomic mass is 32.2. The summed E-state index contributed by atoms with van der Waals surface area (Å²) in [7, 11) is -1.48. The van der Waals surface area contributed by atoms with Crippen LogP contribution in [0.1, 0.15) is 26.8 Å². The number of hydrogen-bond donors (Lipinski definition) is 3. The Morgan fingerprint density at radius 3 is 2.59 bits per heavy atom. The number of amides is 3. The highest BCUT2D eigenvalue weighted by Crippen LogP contribution is 2.25. The molecule has 2 aliphatic rings. The predicted molar refractivity (Wildman–Crippen MR) is 106 cm³/mol. The normalized spacial score (nSPS) is 23.2. The van der Waals surface area contributed by atoms with Crippen molar-refractivity contribution in [2.45, 2.75) is 31.5 Å². The summed E-state index contributed by atoms with van der Waals surface area (Å²) in [5.41, 5.74) is 5.90. The lowest BCUT2D eigenvalue weighted by atomic mass is 10.0. The number of carbonyl (C=O) groups excluding carboxylic acids is 3. The molecule has 4 N–H and O–H groups in total. The summed E-state index contributed by atoms with van der Waals surface area (Å²) in [4.78, 5) is 43.2. The van der Waals surface area contributed by atoms with Crippen LogP contribution >= 0.6 is 11.3 Å². The van der Waals surface area contributed by atoms with Crippen LogP contribution in [0.25, 0.3) is 0 Å². The standard InChI is InChI=1S/C16H24N6O5S2/c1-21-5-3-10-12(8-21)28-16(20-10)15(25)19-11-7-22(29(2,26)27)6-4-9(11)18-14(24)13(17)23/h9,11H,3-8H2,1-2H3,(H2,17,23)(H,18,24)(H,19,25)/t9-,11+/m0/s1. The molecule has 13 heteroatoms. The second-order valence-corrected chi connectivity index (χ2v) is 10.4. The molecular weight excluding hydrogens is 420 g/mol. The number of carbonyl (C=O) groups is 3. The number of fused-ring (bicyclic) bond motifs is 1. The first-order valence-electron chi connectivity index (χ1n) is 9.08. The van der Waals surface area contributed by atoms with Crippen LogP contribution in [-0.4, -0.2) is 85.3 Å². The van der Waals surface area contributed by atoms with E-state index in [4.69, 9.17) is 5.73 Å². The molecule has 0 radical (unpaired) electrons. The second-order valence-electron chi connectivity index (χ2n) is 7.31. The average Bonchev–Trinajstić information content (AvgIpc) is 3.05. The first-order valence-corrected chi connectivity index (χ1v) is 11.7. The van der Waals surface area contributed by atoms with E-state index in [0.29, 0.717) is 5.01 Å². The first-order chi connectivity index (χ1) is 13.5. The molecule has 1 saturated heterocycles. The highest BCUT2D eigenvalue weighted by molar-refractivity contribution is 7.88. The largest absolute Gasteiger partial charge is 0.361 e. The zero-order chi connectivity index (χ0) is 21.3. The summed E-state index contributed by atoms with van der Waals surface area (Å²) in [5.74, 6) is -2.56. The van der Waals surface area contributed by atoms with E-state index in [1.54, 1.807) is 0 Å². The van der Waals surface area contributed by atoms with Gasteiger partial charge in [0.1, 0.15) is 0 Å². The lowest BCUT2D eigenvalue weighted by molar-refractivity contribution is -0.138. The van der Waals surface area contributed by atoms with Crippen LogP contribution < -0.4 is 16.4 Å². The van der Waals surface area contributed by atoms with Crippen LogP contribution in [0.4, 0.5) is 0 Å². The zero-order valence-electron chi connectivity index (χ0n) is 16.2. The number of nitrogens with two attached hydrogens (primary N) is 1. The van der Waals surface area contributed by atoms with Gasteiger partial charge in [-0.1, -0.05) is 0 Å². The monoisotopic (exact) mass is 444 g/mol. The minimum Gasteiger partial charge on any atom is -0.361 e. The van der Waals surface area contributed by atoms with Gasteiger partial charge in [-0.15, -0.1) is 11.3 Å². The third-order valence-electron chi connectivity index (χ3n) is 5.02. The van der Waals surface area contributed by atoms with E-state index in [1.165, 1.54) is 15.6 Å². The van der Waals surface area contributed by atoms with Gasteiger partial charge >= 0.3 is 11.8 Å². The number of nitrogens with one attached hydrogen (secondary N) is 2.